The number of fused-ring (bicyclic) bond motifs is 1. The molecule has 0 fully saturated rings. The summed E-state index contributed by atoms with van der Waals surface area (Å²) in [5, 5.41) is 6.64. The number of carbonyl (C=O) groups is 1. The fraction of sp³-hybridized carbons (Fsp3) is 0.111. The van der Waals surface area contributed by atoms with Gasteiger partial charge in [0.1, 0.15) is 6.42 Å². The van der Waals surface area contributed by atoms with Gasteiger partial charge in [-0.25, -0.2) is 4.79 Å². The van der Waals surface area contributed by atoms with E-state index in [0.29, 0.717) is 22.6 Å². The molecule has 0 aliphatic heterocycles. The van der Waals surface area contributed by atoms with E-state index in [9.17, 15) is 9.59 Å². The van der Waals surface area contributed by atoms with Gasteiger partial charge in [0.25, 0.3) is 0 Å². The van der Waals surface area contributed by atoms with Crippen LogP contribution in [-0.4, -0.2) is 21.0 Å². The van der Waals surface area contributed by atoms with Gasteiger partial charge in [0.15, 0.2) is 5.58 Å². The Morgan fingerprint density at radius 3 is 2.92 bits per heavy atom. The number of hydrogen-bond acceptors (Lipinski definition) is 6. The van der Waals surface area contributed by atoms with Gasteiger partial charge in [-0.2, -0.15) is 4.98 Å². The number of carbonyl (C=O) groups excluding carboxylic acids is 1. The molecule has 2 aromatic heterocycles. The van der Waals surface area contributed by atoms with Crippen LogP contribution in [0.4, 0.5) is 5.69 Å². The monoisotopic (exact) mass is 350 g/mol. The molecule has 0 spiro atoms. The first kappa shape index (κ1) is 15.8. The third kappa shape index (κ3) is 3.12. The Kier molecular flexibility index (Phi) is 3.85. The Balaban J connectivity index is 1.48. The quantitative estimate of drug-likeness (QED) is 0.585. The summed E-state index contributed by atoms with van der Waals surface area (Å²) >= 11 is 0. The maximum atomic E-state index is 12.2. The minimum Gasteiger partial charge on any atom is -0.408 e. The third-order valence-electron chi connectivity index (χ3n) is 3.87. The lowest BCUT2D eigenvalue weighted by atomic mass is 10.1. The lowest BCUT2D eigenvalue weighted by molar-refractivity contribution is -0.115. The van der Waals surface area contributed by atoms with Crippen molar-refractivity contribution in [2.75, 3.05) is 5.32 Å². The summed E-state index contributed by atoms with van der Waals surface area (Å²) in [6, 6.07) is 12.5. The number of nitrogens with one attached hydrogen (secondary N) is 2. The van der Waals surface area contributed by atoms with Crippen LogP contribution < -0.4 is 11.1 Å². The number of aromatic amines is 1. The van der Waals surface area contributed by atoms with E-state index in [1.165, 1.54) is 0 Å². The lowest BCUT2D eigenvalue weighted by Crippen LogP contribution is -2.14. The average molecular weight is 350 g/mol. The Hall–Kier alpha value is -3.68. The molecule has 0 atom stereocenters. The first-order valence-corrected chi connectivity index (χ1v) is 7.90. The van der Waals surface area contributed by atoms with Gasteiger partial charge < -0.3 is 14.3 Å². The maximum Gasteiger partial charge on any atom is 0.417 e. The fourth-order valence-electron chi connectivity index (χ4n) is 2.63. The molecule has 8 heteroatoms. The van der Waals surface area contributed by atoms with Crippen molar-refractivity contribution in [1.29, 1.82) is 0 Å². The van der Waals surface area contributed by atoms with Crippen LogP contribution in [0.3, 0.4) is 0 Å². The number of benzene rings is 2. The van der Waals surface area contributed by atoms with Crippen LogP contribution in [0.2, 0.25) is 0 Å². The first-order chi connectivity index (χ1) is 12.6. The van der Waals surface area contributed by atoms with Crippen LogP contribution >= 0.6 is 0 Å². The van der Waals surface area contributed by atoms with Crippen LogP contribution in [-0.2, 0) is 11.2 Å². The van der Waals surface area contributed by atoms with E-state index < -0.39 is 5.76 Å². The van der Waals surface area contributed by atoms with E-state index in [4.69, 9.17) is 8.94 Å². The zero-order chi connectivity index (χ0) is 18.1. The smallest absolute Gasteiger partial charge is 0.408 e. The number of anilines is 1. The number of aryl methyl sites for hydroxylation is 1. The van der Waals surface area contributed by atoms with Gasteiger partial charge in [-0.1, -0.05) is 29.4 Å². The van der Waals surface area contributed by atoms with Crippen molar-refractivity contribution in [3.05, 3.63) is 64.5 Å². The number of oxazole rings is 1. The zero-order valence-electron chi connectivity index (χ0n) is 13.8. The molecule has 0 radical (unpaired) electrons. The zero-order valence-corrected chi connectivity index (χ0v) is 13.8. The summed E-state index contributed by atoms with van der Waals surface area (Å²) in [6.07, 6.45) is -0.0615. The molecule has 26 heavy (non-hydrogen) atoms. The predicted octanol–water partition coefficient (Wildman–Crippen LogP) is 2.66. The molecule has 0 saturated carbocycles. The molecule has 130 valence electrons. The maximum absolute atomic E-state index is 12.2. The summed E-state index contributed by atoms with van der Waals surface area (Å²) in [5.74, 6) is -0.197. The summed E-state index contributed by atoms with van der Waals surface area (Å²) in [7, 11) is 0. The molecule has 0 aliphatic carbocycles. The lowest BCUT2D eigenvalue weighted by Gasteiger charge is -2.02. The van der Waals surface area contributed by atoms with E-state index in [0.717, 1.165) is 11.1 Å². The van der Waals surface area contributed by atoms with E-state index in [-0.39, 0.29) is 18.2 Å². The van der Waals surface area contributed by atoms with Gasteiger partial charge in [-0.3, -0.25) is 9.78 Å². The van der Waals surface area contributed by atoms with Crippen molar-refractivity contribution in [2.24, 2.45) is 0 Å². The van der Waals surface area contributed by atoms with E-state index >= 15 is 0 Å². The molecule has 2 aromatic carbocycles. The van der Waals surface area contributed by atoms with Crippen LogP contribution in [0.15, 0.2) is 56.2 Å². The summed E-state index contributed by atoms with van der Waals surface area (Å²) < 4.78 is 10.1. The molecule has 0 unspecified atom stereocenters. The predicted molar refractivity (Wildman–Crippen MR) is 93.6 cm³/mol. The molecule has 0 aliphatic rings. The Bertz CT molecular complexity index is 1160. The molecular formula is C18H14N4O4. The molecule has 2 heterocycles. The van der Waals surface area contributed by atoms with Crippen LogP contribution in [0.5, 0.6) is 0 Å². The van der Waals surface area contributed by atoms with Gasteiger partial charge >= 0.3 is 5.76 Å². The second-order valence-corrected chi connectivity index (χ2v) is 5.78. The van der Waals surface area contributed by atoms with Gasteiger partial charge in [-0.15, -0.1) is 0 Å². The topological polar surface area (TPSA) is 114 Å². The standard InChI is InChI=1S/C18H14N4O4/c1-10-4-2-3-5-12(10)17-21-16(26-22-17)9-15(23)19-11-6-7-13-14(8-11)25-18(24)20-13/h2-8H,9H2,1H3,(H,19,23)(H,20,24). The van der Waals surface area contributed by atoms with Crippen molar-refractivity contribution in [1.82, 2.24) is 15.1 Å². The van der Waals surface area contributed by atoms with Crippen LogP contribution in [0.25, 0.3) is 22.5 Å². The van der Waals surface area contributed by atoms with E-state index in [2.05, 4.69) is 20.4 Å². The normalized spacial score (nSPS) is 11.0. The third-order valence-corrected chi connectivity index (χ3v) is 3.87. The molecule has 4 rings (SSSR count). The average Bonchev–Trinajstić information content (AvgIpc) is 3.20. The molecule has 2 N–H and O–H groups in total. The highest BCUT2D eigenvalue weighted by atomic mass is 16.5. The minimum absolute atomic E-state index is 0.0615. The molecule has 0 saturated heterocycles. The number of nitrogens with zero attached hydrogens (tertiary/aromatic N) is 2. The van der Waals surface area contributed by atoms with Gasteiger partial charge in [0.2, 0.25) is 17.6 Å². The second kappa shape index (κ2) is 6.32. The number of hydrogen-bond donors (Lipinski definition) is 2. The molecule has 0 bridgehead atoms. The minimum atomic E-state index is -0.543. The van der Waals surface area contributed by atoms with Crippen molar-refractivity contribution < 1.29 is 13.7 Å². The number of aromatic nitrogens is 3. The number of rotatable bonds is 4. The number of amides is 1. The van der Waals surface area contributed by atoms with Gasteiger partial charge in [-0.05, 0) is 24.6 Å². The Morgan fingerprint density at radius 2 is 2.08 bits per heavy atom. The Labute approximate surface area is 146 Å². The fourth-order valence-corrected chi connectivity index (χ4v) is 2.63. The summed E-state index contributed by atoms with van der Waals surface area (Å²) in [4.78, 5) is 30.2. The van der Waals surface area contributed by atoms with Gasteiger partial charge in [0.05, 0.1) is 5.52 Å². The highest BCUT2D eigenvalue weighted by Gasteiger charge is 2.14. The molecule has 8 nitrogen and oxygen atoms in total. The molecular weight excluding hydrogens is 336 g/mol. The van der Waals surface area contributed by atoms with E-state index in [1.807, 2.05) is 31.2 Å². The molecule has 4 aromatic rings. The van der Waals surface area contributed by atoms with Crippen molar-refractivity contribution >= 4 is 22.7 Å². The largest absolute Gasteiger partial charge is 0.417 e. The van der Waals surface area contributed by atoms with Gasteiger partial charge in [0, 0.05) is 17.3 Å². The first-order valence-electron chi connectivity index (χ1n) is 7.90. The Morgan fingerprint density at radius 1 is 1.23 bits per heavy atom. The highest BCUT2D eigenvalue weighted by Crippen LogP contribution is 2.20. The van der Waals surface area contributed by atoms with Crippen LogP contribution in [0.1, 0.15) is 11.5 Å². The number of H-pyrrole nitrogens is 1. The van der Waals surface area contributed by atoms with Crippen LogP contribution in [0, 0.1) is 6.92 Å². The molecule has 1 amide bonds. The highest BCUT2D eigenvalue weighted by molar-refractivity contribution is 5.93. The summed E-state index contributed by atoms with van der Waals surface area (Å²) in [5.41, 5.74) is 3.31. The van der Waals surface area contributed by atoms with E-state index in [1.54, 1.807) is 18.2 Å². The van der Waals surface area contributed by atoms with Crippen molar-refractivity contribution in [3.8, 4) is 11.4 Å². The summed E-state index contributed by atoms with van der Waals surface area (Å²) in [6.45, 7) is 1.95. The SMILES string of the molecule is Cc1ccccc1-c1noc(CC(=O)Nc2ccc3[nH]c(=O)oc3c2)n1. The second-order valence-electron chi connectivity index (χ2n) is 5.78. The van der Waals surface area contributed by atoms with Crippen molar-refractivity contribution in [2.45, 2.75) is 13.3 Å². The van der Waals surface area contributed by atoms with Crippen molar-refractivity contribution in [3.63, 3.8) is 0 Å².